The van der Waals surface area contributed by atoms with Gasteiger partial charge in [-0.05, 0) is 61.2 Å². The van der Waals surface area contributed by atoms with Crippen molar-refractivity contribution in [3.05, 3.63) is 83.8 Å². The van der Waals surface area contributed by atoms with Crippen molar-refractivity contribution in [3.63, 3.8) is 0 Å². The minimum absolute atomic E-state index is 0.423. The van der Waals surface area contributed by atoms with Crippen molar-refractivity contribution in [3.8, 4) is 11.5 Å². The lowest BCUT2D eigenvalue weighted by Crippen LogP contribution is -2.13. The van der Waals surface area contributed by atoms with Crippen LogP contribution >= 0.6 is 0 Å². The molecule has 8 heteroatoms. The summed E-state index contributed by atoms with van der Waals surface area (Å²) in [5.41, 5.74) is 3.46. The summed E-state index contributed by atoms with van der Waals surface area (Å²) in [6.07, 6.45) is 6.25. The molecule has 192 valence electrons. The fourth-order valence-electron chi connectivity index (χ4n) is 3.66. The molecule has 0 amide bonds. The van der Waals surface area contributed by atoms with Gasteiger partial charge in [-0.1, -0.05) is 6.07 Å². The first-order valence-corrected chi connectivity index (χ1v) is 12.2. The summed E-state index contributed by atoms with van der Waals surface area (Å²) in [7, 11) is 0. The Hall–Kier alpha value is -4.01. The van der Waals surface area contributed by atoms with E-state index in [-0.39, 0.29) is 0 Å². The van der Waals surface area contributed by atoms with Crippen LogP contribution in [0.3, 0.4) is 0 Å². The lowest BCUT2D eigenvalue weighted by molar-refractivity contribution is 0.0273. The van der Waals surface area contributed by atoms with Gasteiger partial charge in [-0.15, -0.1) is 0 Å². The number of aromatic nitrogens is 2. The number of hydrogen-bond donors (Lipinski definition) is 1. The van der Waals surface area contributed by atoms with Crippen LogP contribution < -0.4 is 14.8 Å². The molecule has 37 heavy (non-hydrogen) atoms. The van der Waals surface area contributed by atoms with Gasteiger partial charge >= 0.3 is 0 Å². The van der Waals surface area contributed by atoms with E-state index in [9.17, 15) is 4.79 Å². The van der Waals surface area contributed by atoms with Crippen LogP contribution in [0.15, 0.2) is 67.1 Å². The number of benzene rings is 2. The molecule has 0 aliphatic heterocycles. The van der Waals surface area contributed by atoms with Crippen LogP contribution in [0.1, 0.15) is 21.5 Å². The summed E-state index contributed by atoms with van der Waals surface area (Å²) in [5.74, 6) is 2.19. The van der Waals surface area contributed by atoms with Crippen molar-refractivity contribution < 1.29 is 23.7 Å². The second-order valence-electron chi connectivity index (χ2n) is 8.46. The SMILES string of the molecule is Cc1cc(OCCOCCOCCOc2cc(Nc3ccc4cnccc4c3)ncc2C)ccc1C=O. The first kappa shape index (κ1) is 26.1. The van der Waals surface area contributed by atoms with Crippen molar-refractivity contribution >= 4 is 28.6 Å². The summed E-state index contributed by atoms with van der Waals surface area (Å²) in [5, 5.41) is 5.53. The maximum absolute atomic E-state index is 10.9. The molecule has 0 radical (unpaired) electrons. The molecule has 1 N–H and O–H groups in total. The van der Waals surface area contributed by atoms with Gasteiger partial charge in [0.2, 0.25) is 0 Å². The van der Waals surface area contributed by atoms with E-state index in [1.54, 1.807) is 24.5 Å². The van der Waals surface area contributed by atoms with Crippen molar-refractivity contribution in [2.45, 2.75) is 13.8 Å². The molecule has 4 aromatic rings. The molecule has 2 aromatic carbocycles. The summed E-state index contributed by atoms with van der Waals surface area (Å²) in [4.78, 5) is 19.5. The molecule has 4 rings (SSSR count). The van der Waals surface area contributed by atoms with Gasteiger partial charge in [0.15, 0.2) is 0 Å². The van der Waals surface area contributed by atoms with E-state index < -0.39 is 0 Å². The van der Waals surface area contributed by atoms with E-state index in [2.05, 4.69) is 21.4 Å². The maximum atomic E-state index is 10.9. The molecule has 0 saturated heterocycles. The van der Waals surface area contributed by atoms with Crippen LogP contribution in [0.5, 0.6) is 11.5 Å². The number of rotatable bonds is 14. The molecule has 0 saturated carbocycles. The molecule has 0 aliphatic carbocycles. The van der Waals surface area contributed by atoms with Gasteiger partial charge in [-0.25, -0.2) is 4.98 Å². The quantitative estimate of drug-likeness (QED) is 0.184. The van der Waals surface area contributed by atoms with Crippen molar-refractivity contribution in [2.75, 3.05) is 45.0 Å². The van der Waals surface area contributed by atoms with Crippen molar-refractivity contribution in [1.29, 1.82) is 0 Å². The smallest absolute Gasteiger partial charge is 0.150 e. The fourth-order valence-corrected chi connectivity index (χ4v) is 3.66. The molecule has 0 unspecified atom stereocenters. The second-order valence-corrected chi connectivity index (χ2v) is 8.46. The minimum atomic E-state index is 0.423. The molecule has 0 atom stereocenters. The molecular formula is C29H31N3O5. The van der Waals surface area contributed by atoms with Crippen LogP contribution in [-0.2, 0) is 9.47 Å². The number of fused-ring (bicyclic) bond motifs is 1. The van der Waals surface area contributed by atoms with Crippen LogP contribution in [0.25, 0.3) is 10.8 Å². The zero-order valence-electron chi connectivity index (χ0n) is 21.1. The average molecular weight is 502 g/mol. The third-order valence-corrected chi connectivity index (χ3v) is 5.69. The lowest BCUT2D eigenvalue weighted by atomic mass is 10.1. The van der Waals surface area contributed by atoms with Crippen molar-refractivity contribution in [1.82, 2.24) is 9.97 Å². The Morgan fingerprint density at radius 2 is 1.57 bits per heavy atom. The molecule has 0 bridgehead atoms. The Labute approximate surface area is 216 Å². The van der Waals surface area contributed by atoms with Crippen LogP contribution in [0.2, 0.25) is 0 Å². The predicted molar refractivity (Wildman–Crippen MR) is 143 cm³/mol. The van der Waals surface area contributed by atoms with Gasteiger partial charge in [0, 0.05) is 46.9 Å². The molecule has 2 aromatic heterocycles. The third kappa shape index (κ3) is 7.73. The zero-order valence-corrected chi connectivity index (χ0v) is 21.1. The summed E-state index contributed by atoms with van der Waals surface area (Å²) < 4.78 is 22.7. The fraction of sp³-hybridized carbons (Fsp3) is 0.276. The number of pyridine rings is 2. The first-order valence-electron chi connectivity index (χ1n) is 12.2. The first-order chi connectivity index (χ1) is 18.1. The molecule has 0 fully saturated rings. The van der Waals surface area contributed by atoms with Gasteiger partial charge in [0.25, 0.3) is 0 Å². The summed E-state index contributed by atoms with van der Waals surface area (Å²) in [6, 6.07) is 15.3. The average Bonchev–Trinajstić information content (AvgIpc) is 2.91. The number of ether oxygens (including phenoxy) is 4. The van der Waals surface area contributed by atoms with Crippen LogP contribution in [-0.4, -0.2) is 55.9 Å². The van der Waals surface area contributed by atoms with Gasteiger partial charge < -0.3 is 24.3 Å². The maximum Gasteiger partial charge on any atom is 0.150 e. The Balaban J connectivity index is 1.11. The Morgan fingerprint density at radius 1 is 0.784 bits per heavy atom. The number of nitrogens with zero attached hydrogens (tertiary/aromatic N) is 2. The number of aldehydes is 1. The molecule has 8 nitrogen and oxygen atoms in total. The highest BCUT2D eigenvalue weighted by Crippen LogP contribution is 2.25. The summed E-state index contributed by atoms with van der Waals surface area (Å²) in [6.45, 7) is 6.53. The predicted octanol–water partition coefficient (Wildman–Crippen LogP) is 5.29. The highest BCUT2D eigenvalue weighted by Gasteiger charge is 2.05. The van der Waals surface area contributed by atoms with E-state index in [0.717, 1.165) is 45.4 Å². The number of carbonyl (C=O) groups is 1. The van der Waals surface area contributed by atoms with E-state index in [4.69, 9.17) is 18.9 Å². The third-order valence-electron chi connectivity index (χ3n) is 5.69. The van der Waals surface area contributed by atoms with Gasteiger partial charge in [-0.3, -0.25) is 9.78 Å². The van der Waals surface area contributed by atoms with Gasteiger partial charge in [0.1, 0.15) is 36.8 Å². The Morgan fingerprint density at radius 3 is 2.35 bits per heavy atom. The van der Waals surface area contributed by atoms with E-state index >= 15 is 0 Å². The number of hydrogen-bond acceptors (Lipinski definition) is 8. The normalized spacial score (nSPS) is 10.9. The van der Waals surface area contributed by atoms with Gasteiger partial charge in [0.05, 0.1) is 26.4 Å². The van der Waals surface area contributed by atoms with Crippen LogP contribution in [0.4, 0.5) is 11.5 Å². The largest absolute Gasteiger partial charge is 0.491 e. The highest BCUT2D eigenvalue weighted by molar-refractivity contribution is 5.85. The van der Waals surface area contributed by atoms with Crippen LogP contribution in [0, 0.1) is 13.8 Å². The topological polar surface area (TPSA) is 91.8 Å². The lowest BCUT2D eigenvalue weighted by Gasteiger charge is -2.12. The standard InChI is InChI=1S/C29H31N3O5/c1-21-15-27(6-4-25(21)20-33)36-13-11-34-9-10-35-12-14-37-28-17-29(31-18-22(28)2)32-26-5-3-24-19-30-8-7-23(24)16-26/h3-8,15-20H,9-14H2,1-2H3,(H,31,32). The number of aryl methyl sites for hydroxylation is 2. The van der Waals surface area contributed by atoms with Gasteiger partial charge in [-0.2, -0.15) is 0 Å². The van der Waals surface area contributed by atoms with E-state index in [1.165, 1.54) is 0 Å². The number of anilines is 2. The minimum Gasteiger partial charge on any atom is -0.491 e. The molecule has 2 heterocycles. The monoisotopic (exact) mass is 501 g/mol. The highest BCUT2D eigenvalue weighted by atomic mass is 16.6. The second kappa shape index (κ2) is 13.3. The van der Waals surface area contributed by atoms with Crippen molar-refractivity contribution in [2.24, 2.45) is 0 Å². The number of nitrogens with one attached hydrogen (secondary N) is 1. The van der Waals surface area contributed by atoms with E-state index in [1.807, 2.05) is 50.4 Å². The van der Waals surface area contributed by atoms with E-state index in [0.29, 0.717) is 51.0 Å². The molecule has 0 spiro atoms. The summed E-state index contributed by atoms with van der Waals surface area (Å²) >= 11 is 0. The Kier molecular flexibility index (Phi) is 9.40. The number of carbonyl (C=O) groups excluding carboxylic acids is 1. The molecular weight excluding hydrogens is 470 g/mol. The molecule has 0 aliphatic rings. The zero-order chi connectivity index (χ0) is 25.9. The Bertz CT molecular complexity index is 1330.